The van der Waals surface area contributed by atoms with Gasteiger partial charge in [0.2, 0.25) is 0 Å². The molecular formula is C21H27FIN3O2. The van der Waals surface area contributed by atoms with Gasteiger partial charge in [0.25, 0.3) is 0 Å². The van der Waals surface area contributed by atoms with Crippen molar-refractivity contribution in [2.24, 2.45) is 4.99 Å². The van der Waals surface area contributed by atoms with Crippen LogP contribution in [0.15, 0.2) is 47.5 Å². The van der Waals surface area contributed by atoms with E-state index in [4.69, 9.17) is 9.47 Å². The average molecular weight is 499 g/mol. The number of fused-ring (bicyclic) bond motifs is 1. The molecule has 1 heterocycles. The van der Waals surface area contributed by atoms with E-state index in [1.165, 1.54) is 11.6 Å². The van der Waals surface area contributed by atoms with E-state index >= 15 is 0 Å². The Bertz CT molecular complexity index is 776. The van der Waals surface area contributed by atoms with E-state index in [0.717, 1.165) is 30.2 Å². The molecule has 2 aromatic rings. The van der Waals surface area contributed by atoms with Crippen LogP contribution in [0.2, 0.25) is 0 Å². The number of methoxy groups -OCH3 is 1. The Balaban J connectivity index is 0.00000280. The van der Waals surface area contributed by atoms with Crippen LogP contribution in [-0.2, 0) is 24.3 Å². The molecular weight excluding hydrogens is 472 g/mol. The van der Waals surface area contributed by atoms with Crippen LogP contribution in [0, 0.1) is 5.82 Å². The van der Waals surface area contributed by atoms with Gasteiger partial charge in [-0.15, -0.1) is 24.0 Å². The molecule has 0 radical (unpaired) electrons. The van der Waals surface area contributed by atoms with Crippen molar-refractivity contribution in [1.82, 2.24) is 10.6 Å². The molecule has 1 unspecified atom stereocenters. The predicted molar refractivity (Wildman–Crippen MR) is 120 cm³/mol. The van der Waals surface area contributed by atoms with Crippen LogP contribution in [0.3, 0.4) is 0 Å². The van der Waals surface area contributed by atoms with Gasteiger partial charge in [-0.3, -0.25) is 0 Å². The van der Waals surface area contributed by atoms with E-state index in [1.807, 2.05) is 25.1 Å². The molecule has 2 aromatic carbocycles. The average Bonchev–Trinajstić information content (AvgIpc) is 3.09. The summed E-state index contributed by atoms with van der Waals surface area (Å²) in [7, 11) is 1.56. The zero-order chi connectivity index (χ0) is 19.1. The van der Waals surface area contributed by atoms with E-state index in [2.05, 4.69) is 21.7 Å². The fourth-order valence-electron chi connectivity index (χ4n) is 3.08. The Morgan fingerprint density at radius 3 is 2.82 bits per heavy atom. The third-order valence-corrected chi connectivity index (χ3v) is 4.38. The quantitative estimate of drug-likeness (QED) is 0.347. The molecule has 0 amide bonds. The molecule has 1 atom stereocenters. The molecule has 0 fully saturated rings. The summed E-state index contributed by atoms with van der Waals surface area (Å²) in [5.41, 5.74) is 2.72. The van der Waals surface area contributed by atoms with Crippen molar-refractivity contribution < 1.29 is 13.9 Å². The van der Waals surface area contributed by atoms with Gasteiger partial charge in [0.1, 0.15) is 17.7 Å². The van der Waals surface area contributed by atoms with Crippen molar-refractivity contribution in [2.45, 2.75) is 32.6 Å². The Morgan fingerprint density at radius 1 is 1.25 bits per heavy atom. The van der Waals surface area contributed by atoms with Gasteiger partial charge >= 0.3 is 0 Å². The Hall–Kier alpha value is -1.87. The number of hydrogen-bond acceptors (Lipinski definition) is 3. The number of ether oxygens (including phenoxy) is 2. The van der Waals surface area contributed by atoms with Crippen LogP contribution < -0.4 is 15.4 Å². The SMILES string of the molecule is CCNC(=NCc1ccc(F)c(COC)c1)NCC1Cc2ccccc2O1.I. The summed E-state index contributed by atoms with van der Waals surface area (Å²) >= 11 is 0. The maximum Gasteiger partial charge on any atom is 0.191 e. The Labute approximate surface area is 182 Å². The van der Waals surface area contributed by atoms with Gasteiger partial charge in [-0.1, -0.05) is 24.3 Å². The molecule has 0 saturated heterocycles. The van der Waals surface area contributed by atoms with Crippen molar-refractivity contribution >= 4 is 29.9 Å². The van der Waals surface area contributed by atoms with Crippen molar-refractivity contribution in [3.8, 4) is 5.75 Å². The molecule has 1 aliphatic rings. The van der Waals surface area contributed by atoms with Crippen LogP contribution in [0.5, 0.6) is 5.75 Å². The van der Waals surface area contributed by atoms with E-state index in [0.29, 0.717) is 18.7 Å². The molecule has 3 rings (SSSR count). The molecule has 2 N–H and O–H groups in total. The molecule has 0 spiro atoms. The van der Waals surface area contributed by atoms with Crippen molar-refractivity contribution in [1.29, 1.82) is 0 Å². The monoisotopic (exact) mass is 499 g/mol. The smallest absolute Gasteiger partial charge is 0.191 e. The van der Waals surface area contributed by atoms with Gasteiger partial charge in [-0.05, 0) is 36.2 Å². The third kappa shape index (κ3) is 6.07. The highest BCUT2D eigenvalue weighted by Gasteiger charge is 2.22. The molecule has 28 heavy (non-hydrogen) atoms. The first-order valence-corrected chi connectivity index (χ1v) is 9.22. The molecule has 5 nitrogen and oxygen atoms in total. The highest BCUT2D eigenvalue weighted by atomic mass is 127. The number of benzene rings is 2. The molecule has 0 saturated carbocycles. The summed E-state index contributed by atoms with van der Waals surface area (Å²) in [5, 5.41) is 6.57. The van der Waals surface area contributed by atoms with Gasteiger partial charge in [-0.2, -0.15) is 0 Å². The van der Waals surface area contributed by atoms with E-state index in [9.17, 15) is 4.39 Å². The number of aliphatic imine (C=N–C) groups is 1. The highest BCUT2D eigenvalue weighted by Crippen LogP contribution is 2.27. The van der Waals surface area contributed by atoms with Crippen molar-refractivity contribution in [3.05, 3.63) is 65.0 Å². The zero-order valence-corrected chi connectivity index (χ0v) is 18.5. The van der Waals surface area contributed by atoms with E-state index < -0.39 is 0 Å². The molecule has 0 bridgehead atoms. The number of nitrogens with zero attached hydrogens (tertiary/aromatic N) is 1. The molecule has 7 heteroatoms. The van der Waals surface area contributed by atoms with E-state index in [-0.39, 0.29) is 42.5 Å². The minimum Gasteiger partial charge on any atom is -0.488 e. The maximum absolute atomic E-state index is 13.7. The number of halogens is 2. The van der Waals surface area contributed by atoms with Crippen molar-refractivity contribution in [3.63, 3.8) is 0 Å². The lowest BCUT2D eigenvalue weighted by Gasteiger charge is -2.15. The topological polar surface area (TPSA) is 54.9 Å². The first kappa shape index (κ1) is 22.4. The van der Waals surface area contributed by atoms with Crippen molar-refractivity contribution in [2.75, 3.05) is 20.2 Å². The summed E-state index contributed by atoms with van der Waals surface area (Å²) in [6, 6.07) is 13.1. The summed E-state index contributed by atoms with van der Waals surface area (Å²) in [6.45, 7) is 4.15. The van der Waals surface area contributed by atoms with E-state index in [1.54, 1.807) is 19.2 Å². The number of para-hydroxylation sites is 1. The minimum absolute atomic E-state index is 0. The normalized spacial score (nSPS) is 15.4. The lowest BCUT2D eigenvalue weighted by Crippen LogP contribution is -2.42. The van der Waals surface area contributed by atoms with Gasteiger partial charge in [0, 0.05) is 25.6 Å². The number of guanidine groups is 1. The van der Waals surface area contributed by atoms with Crippen LogP contribution in [-0.4, -0.2) is 32.3 Å². The van der Waals surface area contributed by atoms with Crippen LogP contribution in [0.1, 0.15) is 23.6 Å². The standard InChI is InChI=1S/C21H26FN3O2.HI/c1-3-23-21(24-12-15-8-9-19(22)17(10-15)14-26-2)25-13-18-11-16-6-4-5-7-20(16)27-18;/h4-10,18H,3,11-14H2,1-2H3,(H2,23,24,25);1H. The molecule has 0 aliphatic carbocycles. The van der Waals surface area contributed by atoms with Crippen LogP contribution in [0.4, 0.5) is 4.39 Å². The first-order valence-electron chi connectivity index (χ1n) is 9.22. The summed E-state index contributed by atoms with van der Waals surface area (Å²) in [6.07, 6.45) is 0.978. The predicted octanol–water partition coefficient (Wildman–Crippen LogP) is 3.65. The summed E-state index contributed by atoms with van der Waals surface area (Å²) < 4.78 is 24.7. The van der Waals surface area contributed by atoms with Gasteiger partial charge < -0.3 is 20.1 Å². The number of rotatable bonds is 7. The zero-order valence-electron chi connectivity index (χ0n) is 16.2. The van der Waals surface area contributed by atoms with Crippen LogP contribution in [0.25, 0.3) is 0 Å². The number of nitrogens with one attached hydrogen (secondary N) is 2. The second-order valence-corrected chi connectivity index (χ2v) is 6.49. The molecule has 0 aromatic heterocycles. The Morgan fingerprint density at radius 2 is 2.07 bits per heavy atom. The lowest BCUT2D eigenvalue weighted by molar-refractivity contribution is 0.181. The maximum atomic E-state index is 13.7. The lowest BCUT2D eigenvalue weighted by atomic mass is 10.1. The van der Waals surface area contributed by atoms with Gasteiger partial charge in [0.05, 0.1) is 19.7 Å². The van der Waals surface area contributed by atoms with Gasteiger partial charge in [-0.25, -0.2) is 9.38 Å². The fourth-order valence-corrected chi connectivity index (χ4v) is 3.08. The summed E-state index contributed by atoms with van der Waals surface area (Å²) in [4.78, 5) is 4.60. The second-order valence-electron chi connectivity index (χ2n) is 6.49. The number of hydrogen-bond donors (Lipinski definition) is 2. The minimum atomic E-state index is -0.257. The third-order valence-electron chi connectivity index (χ3n) is 4.38. The fraction of sp³-hybridized carbons (Fsp3) is 0.381. The largest absolute Gasteiger partial charge is 0.488 e. The molecule has 152 valence electrons. The van der Waals surface area contributed by atoms with Gasteiger partial charge in [0.15, 0.2) is 5.96 Å². The summed E-state index contributed by atoms with van der Waals surface area (Å²) in [5.74, 6) is 1.42. The molecule has 1 aliphatic heterocycles. The first-order chi connectivity index (χ1) is 13.2. The van der Waals surface area contributed by atoms with Crippen LogP contribution >= 0.6 is 24.0 Å². The second kappa shape index (κ2) is 11.2. The highest BCUT2D eigenvalue weighted by molar-refractivity contribution is 14.0. The Kier molecular flexibility index (Phi) is 8.98.